The van der Waals surface area contributed by atoms with Crippen molar-refractivity contribution in [3.63, 3.8) is 0 Å². The van der Waals surface area contributed by atoms with Crippen molar-refractivity contribution < 1.29 is 94.9 Å². The van der Waals surface area contributed by atoms with Gasteiger partial charge in [0.2, 0.25) is 0 Å². The molecule has 0 saturated carbocycles. The number of nitrogens with zero attached hydrogens (tertiary/aromatic N) is 2. The molecule has 0 heterocycles. The molecule has 0 aliphatic heterocycles. The third-order valence-electron chi connectivity index (χ3n) is 3.20. The summed E-state index contributed by atoms with van der Waals surface area (Å²) in [5.74, 6) is 0. The van der Waals surface area contributed by atoms with Crippen LogP contribution in [0.3, 0.4) is 0 Å². The Hall–Kier alpha value is -0.940. The van der Waals surface area contributed by atoms with E-state index < -0.39 is 62.4 Å². The molecule has 2 aromatic carbocycles. The zero-order valence-corrected chi connectivity index (χ0v) is 19.9. The monoisotopic (exact) mass is 448 g/mol. The van der Waals surface area contributed by atoms with Crippen LogP contribution < -0.4 is 59.1 Å². The molecule has 0 bridgehead atoms. The van der Waals surface area contributed by atoms with Gasteiger partial charge in [-0.2, -0.15) is 0 Å². The van der Waals surface area contributed by atoms with Crippen LogP contribution in [-0.4, -0.2) is 35.8 Å². The van der Waals surface area contributed by atoms with Crippen LogP contribution >= 0.6 is 0 Å². The number of rotatable bonds is 5. The first-order valence-corrected chi connectivity index (χ1v) is 9.13. The van der Waals surface area contributed by atoms with Crippen molar-refractivity contribution in [2.24, 2.45) is 0 Å². The summed E-state index contributed by atoms with van der Waals surface area (Å²) in [5, 5.41) is 22.3. The molecule has 12 nitrogen and oxygen atoms in total. The number of benzene rings is 2. The fraction of sp³-hybridized carbons (Fsp3) is 0. The van der Waals surface area contributed by atoms with Crippen molar-refractivity contribution in [2.45, 2.75) is 9.79 Å². The third kappa shape index (κ3) is 6.03. The van der Waals surface area contributed by atoms with Gasteiger partial charge in [0.15, 0.2) is 0 Å². The molecule has 0 saturated heterocycles. The Kier molecular flexibility index (Phi) is 9.38. The SMILES string of the molecule is O=[N+]([O-])c1cc(S(=O)(=O)[O-])ccc1-c1ccc(S(=O)(=O)[O-])cc1[N+](=O)[O-].[Na+].[Na+]. The van der Waals surface area contributed by atoms with E-state index in [0.29, 0.717) is 24.3 Å². The van der Waals surface area contributed by atoms with Gasteiger partial charge in [0, 0.05) is 12.1 Å². The van der Waals surface area contributed by atoms with Gasteiger partial charge in [-0.05, 0) is 24.3 Å². The van der Waals surface area contributed by atoms with Crippen LogP contribution in [0.4, 0.5) is 11.4 Å². The maximum atomic E-state index is 11.2. The molecule has 0 aromatic heterocycles. The number of nitro benzene ring substituents is 2. The minimum atomic E-state index is -5.02. The van der Waals surface area contributed by atoms with E-state index >= 15 is 0 Å². The van der Waals surface area contributed by atoms with E-state index in [0.717, 1.165) is 12.1 Å². The quantitative estimate of drug-likeness (QED) is 0.184. The molecular formula is C12H6N2Na2O10S2. The molecule has 0 spiro atoms. The summed E-state index contributed by atoms with van der Waals surface area (Å²) >= 11 is 0. The molecule has 28 heavy (non-hydrogen) atoms. The minimum absolute atomic E-state index is 0. The Morgan fingerprint density at radius 3 is 1.14 bits per heavy atom. The van der Waals surface area contributed by atoms with Gasteiger partial charge in [-0.25, -0.2) is 16.8 Å². The van der Waals surface area contributed by atoms with Crippen LogP contribution in [0, 0.1) is 20.2 Å². The first kappa shape index (κ1) is 27.1. The van der Waals surface area contributed by atoms with Gasteiger partial charge >= 0.3 is 59.1 Å². The smallest absolute Gasteiger partial charge is 0.744 e. The Morgan fingerprint density at radius 2 is 0.929 bits per heavy atom. The summed E-state index contributed by atoms with van der Waals surface area (Å²) < 4.78 is 66.0. The predicted octanol–water partition coefficient (Wildman–Crippen LogP) is -5.01. The molecule has 0 fully saturated rings. The van der Waals surface area contributed by atoms with E-state index in [1.54, 1.807) is 0 Å². The van der Waals surface area contributed by atoms with Gasteiger partial charge in [0.1, 0.15) is 20.2 Å². The minimum Gasteiger partial charge on any atom is -0.744 e. The van der Waals surface area contributed by atoms with Crippen molar-refractivity contribution in [1.29, 1.82) is 0 Å². The Balaban J connectivity index is 0.00000364. The molecule has 2 rings (SSSR count). The second-order valence-corrected chi connectivity index (χ2v) is 7.54. The molecule has 0 N–H and O–H groups in total. The topological polar surface area (TPSA) is 201 Å². The van der Waals surface area contributed by atoms with Gasteiger partial charge in [0.25, 0.3) is 11.4 Å². The van der Waals surface area contributed by atoms with Crippen LogP contribution in [0.5, 0.6) is 0 Å². The summed E-state index contributed by atoms with van der Waals surface area (Å²) in [6.45, 7) is 0. The van der Waals surface area contributed by atoms with Gasteiger partial charge < -0.3 is 9.11 Å². The standard InChI is InChI=1S/C12H8N2O10S2.2Na/c15-13(16)11-5-7(25(19,20)21)1-3-9(11)10-4-2-8(26(22,23)24)6-12(10)14(17)18;;/h1-6H,(H,19,20,21)(H,22,23,24);;/q;2*+1/p-2. The van der Waals surface area contributed by atoms with E-state index in [4.69, 9.17) is 0 Å². The van der Waals surface area contributed by atoms with E-state index in [9.17, 15) is 46.2 Å². The van der Waals surface area contributed by atoms with Crippen molar-refractivity contribution in [2.75, 3.05) is 0 Å². The first-order valence-electron chi connectivity index (χ1n) is 6.31. The van der Waals surface area contributed by atoms with Gasteiger partial charge in [0.05, 0.1) is 30.8 Å². The molecule has 0 aliphatic carbocycles. The van der Waals surface area contributed by atoms with E-state index in [-0.39, 0.29) is 59.1 Å². The molecule has 0 radical (unpaired) electrons. The van der Waals surface area contributed by atoms with E-state index in [1.807, 2.05) is 0 Å². The van der Waals surface area contributed by atoms with Gasteiger partial charge in [-0.15, -0.1) is 0 Å². The predicted molar refractivity (Wildman–Crippen MR) is 81.1 cm³/mol. The average molecular weight is 448 g/mol. The van der Waals surface area contributed by atoms with Crippen molar-refractivity contribution >= 4 is 31.6 Å². The molecule has 0 amide bonds. The third-order valence-corrected chi connectivity index (χ3v) is 4.86. The molecule has 0 atom stereocenters. The molecule has 138 valence electrons. The number of hydrogen-bond donors (Lipinski definition) is 0. The van der Waals surface area contributed by atoms with Crippen LogP contribution in [0.15, 0.2) is 46.2 Å². The molecular weight excluding hydrogens is 442 g/mol. The summed E-state index contributed by atoms with van der Waals surface area (Å²) in [5.41, 5.74) is -2.74. The largest absolute Gasteiger partial charge is 1.00 e. The van der Waals surface area contributed by atoms with E-state index in [2.05, 4.69) is 0 Å². The Labute approximate surface area is 202 Å². The average Bonchev–Trinajstić information content (AvgIpc) is 2.51. The summed E-state index contributed by atoms with van der Waals surface area (Å²) in [4.78, 5) is 18.4. The van der Waals surface area contributed by atoms with Crippen LogP contribution in [0.2, 0.25) is 0 Å². The summed E-state index contributed by atoms with van der Waals surface area (Å²) in [7, 11) is -10.0. The Bertz CT molecular complexity index is 1060. The zero-order chi connectivity index (χ0) is 19.9. The Morgan fingerprint density at radius 1 is 0.643 bits per heavy atom. The van der Waals surface area contributed by atoms with Crippen LogP contribution in [0.25, 0.3) is 11.1 Å². The molecule has 0 aliphatic rings. The van der Waals surface area contributed by atoms with Crippen molar-refractivity contribution in [3.8, 4) is 11.1 Å². The number of hydrogen-bond acceptors (Lipinski definition) is 10. The fourth-order valence-corrected chi connectivity index (χ4v) is 3.07. The first-order chi connectivity index (χ1) is 11.8. The zero-order valence-electron chi connectivity index (χ0n) is 14.3. The van der Waals surface area contributed by atoms with Crippen LogP contribution in [-0.2, 0) is 20.2 Å². The fourth-order valence-electron chi connectivity index (χ4n) is 2.09. The van der Waals surface area contributed by atoms with Gasteiger partial charge in [-0.3, -0.25) is 20.2 Å². The molecule has 16 heteroatoms. The number of nitro groups is 2. The molecule has 2 aromatic rings. The van der Waals surface area contributed by atoms with Crippen molar-refractivity contribution in [3.05, 3.63) is 56.6 Å². The summed E-state index contributed by atoms with van der Waals surface area (Å²) in [6.07, 6.45) is 0. The van der Waals surface area contributed by atoms with Gasteiger partial charge in [-0.1, -0.05) is 0 Å². The normalized spacial score (nSPS) is 11.1. The summed E-state index contributed by atoms with van der Waals surface area (Å²) in [6, 6.07) is 3.89. The van der Waals surface area contributed by atoms with Crippen LogP contribution in [0.1, 0.15) is 0 Å². The maximum Gasteiger partial charge on any atom is 1.00 e. The molecule has 0 unspecified atom stereocenters. The maximum absolute atomic E-state index is 11.2. The van der Waals surface area contributed by atoms with Crippen molar-refractivity contribution in [1.82, 2.24) is 0 Å². The van der Waals surface area contributed by atoms with E-state index in [1.165, 1.54) is 0 Å². The second-order valence-electron chi connectivity index (χ2n) is 4.78. The second kappa shape index (κ2) is 9.71.